The van der Waals surface area contributed by atoms with Gasteiger partial charge in [-0.2, -0.15) is 0 Å². The molecule has 2 fully saturated rings. The molecule has 8 amide bonds. The highest BCUT2D eigenvalue weighted by molar-refractivity contribution is 8.77. The molecule has 0 aromatic heterocycles. The van der Waals surface area contributed by atoms with Crippen LogP contribution < -0.4 is 59.2 Å². The lowest BCUT2D eigenvalue weighted by Crippen LogP contribution is -2.61. The van der Waals surface area contributed by atoms with Crippen LogP contribution in [0.25, 0.3) is 0 Å². The first-order valence-electron chi connectivity index (χ1n) is 23.9. The van der Waals surface area contributed by atoms with Crippen LogP contribution in [-0.2, 0) is 51.2 Å². The third kappa shape index (κ3) is 18.8. The molecule has 1 spiro atoms. The monoisotopic (exact) mass is 996 g/mol. The summed E-state index contributed by atoms with van der Waals surface area (Å²) in [5.41, 5.74) is 18.4. The van der Waals surface area contributed by atoms with E-state index in [-0.39, 0.29) is 44.5 Å². The summed E-state index contributed by atoms with van der Waals surface area (Å²) in [5.74, 6) is -5.60. The molecular formula is C48H72N10O9S2. The number of carbonyl (C=O) groups excluding carboxylic acids is 8. The average molecular weight is 997 g/mol. The van der Waals surface area contributed by atoms with E-state index < -0.39 is 101 Å². The van der Waals surface area contributed by atoms with Crippen molar-refractivity contribution in [3.05, 3.63) is 65.7 Å². The van der Waals surface area contributed by atoms with Crippen molar-refractivity contribution < 1.29 is 43.1 Å². The van der Waals surface area contributed by atoms with Crippen molar-refractivity contribution in [2.24, 2.45) is 23.1 Å². The maximum Gasteiger partial charge on any atom is 0.244 e. The Bertz CT molecular complexity index is 2020. The number of rotatable bonds is 18. The van der Waals surface area contributed by atoms with Gasteiger partial charge < -0.3 is 59.2 Å². The first-order chi connectivity index (χ1) is 33.1. The van der Waals surface area contributed by atoms with Gasteiger partial charge in [0.05, 0.1) is 13.0 Å². The highest BCUT2D eigenvalue weighted by Gasteiger charge is 2.39. The molecule has 1 heterocycles. The Morgan fingerprint density at radius 2 is 1.39 bits per heavy atom. The Morgan fingerprint density at radius 1 is 0.768 bits per heavy atom. The van der Waals surface area contributed by atoms with E-state index in [1.54, 1.807) is 50.2 Å². The largest absolute Gasteiger partial charge is 0.494 e. The van der Waals surface area contributed by atoms with Gasteiger partial charge in [-0.25, -0.2) is 0 Å². The smallest absolute Gasteiger partial charge is 0.244 e. The molecule has 3 unspecified atom stereocenters. The zero-order valence-electron chi connectivity index (χ0n) is 40.0. The van der Waals surface area contributed by atoms with E-state index in [2.05, 4.69) is 37.2 Å². The molecule has 21 heteroatoms. The van der Waals surface area contributed by atoms with Crippen LogP contribution in [0.3, 0.4) is 0 Å². The number of primary amides is 1. The van der Waals surface area contributed by atoms with Crippen LogP contribution in [0.1, 0.15) is 96.1 Å². The number of benzene rings is 2. The molecule has 13 N–H and O–H groups in total. The predicted octanol–water partition coefficient (Wildman–Crippen LogP) is 1.00. The van der Waals surface area contributed by atoms with E-state index in [0.29, 0.717) is 50.1 Å². The Labute approximate surface area is 413 Å². The lowest BCUT2D eigenvalue weighted by Gasteiger charge is -2.36. The third-order valence-corrected chi connectivity index (χ3v) is 15.2. The fraction of sp³-hybridized carbons (Fsp3) is 0.583. The fourth-order valence-corrected chi connectivity index (χ4v) is 11.6. The van der Waals surface area contributed by atoms with Gasteiger partial charge in [-0.3, -0.25) is 38.4 Å². The maximum atomic E-state index is 14.5. The van der Waals surface area contributed by atoms with Crippen LogP contribution in [0.2, 0.25) is 0 Å². The molecular weight excluding hydrogens is 925 g/mol. The zero-order valence-corrected chi connectivity index (χ0v) is 41.6. The van der Waals surface area contributed by atoms with Crippen LogP contribution in [0.4, 0.5) is 0 Å². The number of hydrogen-bond donors (Lipinski definition) is 10. The Hall–Kier alpha value is -5.38. The standard InChI is InChI=1S/C48H72N10O9S2/c1-4-67-33-18-16-32(17-19-33)26-35-43(62)55-36(25-31-13-7-5-8-14-31)45(64)58-41(30(2)3)47(66)56-37(27-39(51)59)44(63)57-38(29-68-69-48(28-40(60)53-35)20-10-6-11-21-48)46(65)54-34(15-9-12-22-49)42(61)52-24-23-50/h5,7-8,13-14,16-19,30,34-38,41H,4,6,9-12,15,20-29,49-50H2,1-3H3,(H2,51,59)(H,52,61)(H,53,60)(H,54,65)(H,55,62)(H,56,66)(H,57,63)(H,58,64)/t34-,35?,36?,37+,38?,41+/m1/s1. The molecule has 0 bridgehead atoms. The van der Waals surface area contributed by atoms with Gasteiger partial charge in [0, 0.05) is 42.9 Å². The summed E-state index contributed by atoms with van der Waals surface area (Å²) < 4.78 is 4.98. The predicted molar refractivity (Wildman–Crippen MR) is 267 cm³/mol. The van der Waals surface area contributed by atoms with E-state index in [4.69, 9.17) is 21.9 Å². The molecule has 1 aliphatic heterocycles. The van der Waals surface area contributed by atoms with Crippen molar-refractivity contribution in [1.29, 1.82) is 0 Å². The van der Waals surface area contributed by atoms with Gasteiger partial charge in [0.2, 0.25) is 47.3 Å². The molecule has 2 aromatic rings. The number of hydrogen-bond acceptors (Lipinski definition) is 13. The van der Waals surface area contributed by atoms with Gasteiger partial charge >= 0.3 is 0 Å². The van der Waals surface area contributed by atoms with Crippen LogP contribution in [0.15, 0.2) is 54.6 Å². The number of nitrogens with one attached hydrogen (secondary N) is 7. The van der Waals surface area contributed by atoms with Crippen LogP contribution in [0, 0.1) is 5.92 Å². The summed E-state index contributed by atoms with van der Waals surface area (Å²) in [5, 5.41) is 19.4. The normalized spacial score (nSPS) is 22.5. The van der Waals surface area contributed by atoms with Crippen LogP contribution in [0.5, 0.6) is 5.75 Å². The molecule has 6 atom stereocenters. The first-order valence-corrected chi connectivity index (χ1v) is 26.2. The van der Waals surface area contributed by atoms with Crippen molar-refractivity contribution in [2.45, 2.75) is 139 Å². The Morgan fingerprint density at radius 3 is 2.01 bits per heavy atom. The molecule has 2 aliphatic rings. The van der Waals surface area contributed by atoms with E-state index in [9.17, 15) is 38.4 Å². The summed E-state index contributed by atoms with van der Waals surface area (Å²) in [6, 6.07) is 8.58. The highest BCUT2D eigenvalue weighted by Crippen LogP contribution is 2.48. The maximum absolute atomic E-state index is 14.5. The Kier molecular flexibility index (Phi) is 23.6. The summed E-state index contributed by atoms with van der Waals surface area (Å²) in [6.07, 6.45) is 4.68. The van der Waals surface area contributed by atoms with E-state index >= 15 is 0 Å². The van der Waals surface area contributed by atoms with Gasteiger partial charge in [-0.1, -0.05) is 97.2 Å². The van der Waals surface area contributed by atoms with Gasteiger partial charge in [-0.05, 0) is 74.8 Å². The molecule has 1 saturated heterocycles. The third-order valence-electron chi connectivity index (χ3n) is 11.9. The molecule has 69 heavy (non-hydrogen) atoms. The van der Waals surface area contributed by atoms with Crippen molar-refractivity contribution in [1.82, 2.24) is 37.2 Å². The summed E-state index contributed by atoms with van der Waals surface area (Å²) in [6.45, 7) is 6.37. The second-order valence-corrected chi connectivity index (χ2v) is 20.7. The molecule has 19 nitrogen and oxygen atoms in total. The van der Waals surface area contributed by atoms with Crippen molar-refractivity contribution in [2.75, 3.05) is 32.0 Å². The molecule has 380 valence electrons. The lowest BCUT2D eigenvalue weighted by molar-refractivity contribution is -0.136. The number of nitrogens with two attached hydrogens (primary N) is 3. The minimum atomic E-state index is -1.59. The minimum absolute atomic E-state index is 0.0161. The Balaban J connectivity index is 1.78. The minimum Gasteiger partial charge on any atom is -0.494 e. The molecule has 1 aliphatic carbocycles. The summed E-state index contributed by atoms with van der Waals surface area (Å²) in [4.78, 5) is 112. The van der Waals surface area contributed by atoms with Crippen molar-refractivity contribution in [3.63, 3.8) is 0 Å². The number of amides is 8. The molecule has 0 radical (unpaired) electrons. The summed E-state index contributed by atoms with van der Waals surface area (Å²) in [7, 11) is 2.67. The molecule has 2 aromatic carbocycles. The topological polar surface area (TPSA) is 308 Å². The van der Waals surface area contributed by atoms with Crippen LogP contribution in [-0.4, -0.2) is 120 Å². The van der Waals surface area contributed by atoms with Gasteiger partial charge in [0.15, 0.2) is 0 Å². The average Bonchev–Trinajstić information content (AvgIpc) is 3.31. The molecule has 1 saturated carbocycles. The first kappa shape index (κ1) is 56.2. The van der Waals surface area contributed by atoms with Crippen LogP contribution >= 0.6 is 21.6 Å². The molecule has 4 rings (SSSR count). The quantitative estimate of drug-likeness (QED) is 0.0738. The highest BCUT2D eigenvalue weighted by atomic mass is 33.1. The zero-order chi connectivity index (χ0) is 50.3. The second-order valence-electron chi connectivity index (χ2n) is 17.9. The van der Waals surface area contributed by atoms with Crippen molar-refractivity contribution in [3.8, 4) is 5.75 Å². The number of ether oxygens (including phenoxy) is 1. The second kappa shape index (κ2) is 29.0. The summed E-state index contributed by atoms with van der Waals surface area (Å²) >= 11 is 0. The van der Waals surface area contributed by atoms with Gasteiger partial charge in [0.1, 0.15) is 42.0 Å². The lowest BCUT2D eigenvalue weighted by atomic mass is 9.85. The van der Waals surface area contributed by atoms with E-state index in [1.165, 1.54) is 21.6 Å². The van der Waals surface area contributed by atoms with E-state index in [1.807, 2.05) is 25.1 Å². The SMILES string of the molecule is CCOc1ccc(CC2NC(=O)CC3(CCCCC3)SSCC(C(=O)N[C@H](CCCCN)C(=O)NCCN)NC(=O)[C@H](CC(N)=O)NC(=O)[C@H](C(C)C)NC(=O)C(Cc3ccccc3)NC2=O)cc1. The number of unbranched alkanes of at least 4 members (excludes halogenated alkanes) is 1. The van der Waals surface area contributed by atoms with Gasteiger partial charge in [-0.15, -0.1) is 0 Å². The van der Waals surface area contributed by atoms with E-state index in [0.717, 1.165) is 24.8 Å². The number of carbonyl (C=O) groups is 8. The van der Waals surface area contributed by atoms with Crippen molar-refractivity contribution >= 4 is 68.8 Å². The fourth-order valence-electron chi connectivity index (χ4n) is 8.18. The van der Waals surface area contributed by atoms with Gasteiger partial charge in [0.25, 0.3) is 0 Å².